The molecule has 1 atom stereocenters. The van der Waals surface area contributed by atoms with Crippen molar-refractivity contribution in [3.05, 3.63) is 29.8 Å². The molecular weight excluding hydrogens is 308 g/mol. The summed E-state index contributed by atoms with van der Waals surface area (Å²) in [4.78, 5) is 27.8. The first kappa shape index (κ1) is 16.5. The predicted molar refractivity (Wildman–Crippen MR) is 94.6 cm³/mol. The molecule has 1 amide bonds. The maximum atomic E-state index is 12.3. The van der Waals surface area contributed by atoms with Crippen LogP contribution < -0.4 is 4.90 Å². The van der Waals surface area contributed by atoms with E-state index in [0.29, 0.717) is 6.42 Å². The van der Waals surface area contributed by atoms with Crippen molar-refractivity contribution >= 4 is 28.5 Å². The van der Waals surface area contributed by atoms with Gasteiger partial charge in [0.2, 0.25) is 5.91 Å². The molecule has 2 aliphatic heterocycles. The predicted octanol–water partition coefficient (Wildman–Crippen LogP) is 2.92. The van der Waals surface area contributed by atoms with Crippen molar-refractivity contribution in [3.63, 3.8) is 0 Å². The standard InChI is InChI=1S/C18H24N2O2S/c1-14(21)23-13-16-10-18(22)20(12-16)17-6-4-5-15(9-17)11-19-7-2-3-8-19/h4-6,9,16H,2-3,7-8,10-13H2,1H3. The minimum absolute atomic E-state index is 0.128. The molecule has 0 saturated carbocycles. The fourth-order valence-corrected chi connectivity index (χ4v) is 4.09. The normalized spacial score (nSPS) is 22.0. The molecule has 2 fully saturated rings. The third kappa shape index (κ3) is 4.36. The molecule has 1 unspecified atom stereocenters. The largest absolute Gasteiger partial charge is 0.312 e. The van der Waals surface area contributed by atoms with E-state index >= 15 is 0 Å². The average molecular weight is 332 g/mol. The lowest BCUT2D eigenvalue weighted by Crippen LogP contribution is -2.25. The molecule has 0 bridgehead atoms. The van der Waals surface area contributed by atoms with E-state index in [1.165, 1.54) is 43.3 Å². The summed E-state index contributed by atoms with van der Waals surface area (Å²) in [5.41, 5.74) is 2.28. The Morgan fingerprint density at radius 1 is 1.30 bits per heavy atom. The second-order valence-corrected chi connectivity index (χ2v) is 7.73. The smallest absolute Gasteiger partial charge is 0.227 e. The first-order valence-electron chi connectivity index (χ1n) is 8.37. The molecule has 2 heterocycles. The van der Waals surface area contributed by atoms with Gasteiger partial charge in [-0.15, -0.1) is 0 Å². The van der Waals surface area contributed by atoms with Crippen molar-refractivity contribution in [1.82, 2.24) is 4.90 Å². The summed E-state index contributed by atoms with van der Waals surface area (Å²) in [6.07, 6.45) is 3.14. The van der Waals surface area contributed by atoms with Gasteiger partial charge in [0.25, 0.3) is 0 Å². The first-order chi connectivity index (χ1) is 11.1. The van der Waals surface area contributed by atoms with Crippen LogP contribution in [-0.2, 0) is 16.1 Å². The molecule has 5 heteroatoms. The maximum Gasteiger partial charge on any atom is 0.227 e. The number of nitrogens with zero attached hydrogens (tertiary/aromatic N) is 2. The van der Waals surface area contributed by atoms with Gasteiger partial charge in [-0.25, -0.2) is 0 Å². The minimum atomic E-state index is 0.128. The van der Waals surface area contributed by atoms with Crippen molar-refractivity contribution in [2.24, 2.45) is 5.92 Å². The summed E-state index contributed by atoms with van der Waals surface area (Å²) < 4.78 is 0. The van der Waals surface area contributed by atoms with E-state index in [1.54, 1.807) is 6.92 Å². The zero-order valence-electron chi connectivity index (χ0n) is 13.7. The number of hydrogen-bond acceptors (Lipinski definition) is 4. The van der Waals surface area contributed by atoms with E-state index in [9.17, 15) is 9.59 Å². The number of rotatable bonds is 5. The Morgan fingerprint density at radius 2 is 2.09 bits per heavy atom. The summed E-state index contributed by atoms with van der Waals surface area (Å²) in [7, 11) is 0. The Labute approximate surface area is 142 Å². The topological polar surface area (TPSA) is 40.6 Å². The van der Waals surface area contributed by atoms with Gasteiger partial charge in [0.1, 0.15) is 0 Å². The van der Waals surface area contributed by atoms with Crippen molar-refractivity contribution in [2.75, 3.05) is 30.3 Å². The van der Waals surface area contributed by atoms with E-state index in [-0.39, 0.29) is 16.9 Å². The lowest BCUT2D eigenvalue weighted by atomic mass is 10.1. The van der Waals surface area contributed by atoms with E-state index in [4.69, 9.17) is 0 Å². The highest BCUT2D eigenvalue weighted by atomic mass is 32.2. The molecule has 0 spiro atoms. The minimum Gasteiger partial charge on any atom is -0.312 e. The van der Waals surface area contributed by atoms with Crippen LogP contribution in [0, 0.1) is 5.92 Å². The van der Waals surface area contributed by atoms with E-state index in [0.717, 1.165) is 24.5 Å². The monoisotopic (exact) mass is 332 g/mol. The van der Waals surface area contributed by atoms with Crippen LogP contribution in [-0.4, -0.2) is 41.3 Å². The fourth-order valence-electron chi connectivity index (χ4n) is 3.40. The number of carbonyl (C=O) groups is 2. The molecule has 0 N–H and O–H groups in total. The zero-order valence-corrected chi connectivity index (χ0v) is 14.5. The molecule has 2 aliphatic rings. The summed E-state index contributed by atoms with van der Waals surface area (Å²) in [5, 5.41) is 0.128. The highest BCUT2D eigenvalue weighted by molar-refractivity contribution is 8.13. The molecule has 0 aromatic heterocycles. The van der Waals surface area contributed by atoms with Gasteiger partial charge in [-0.3, -0.25) is 14.5 Å². The SMILES string of the molecule is CC(=O)SCC1CC(=O)N(c2cccc(CN3CCCC3)c2)C1. The zero-order chi connectivity index (χ0) is 16.2. The third-order valence-electron chi connectivity index (χ3n) is 4.55. The van der Waals surface area contributed by atoms with Gasteiger partial charge in [0.05, 0.1) is 0 Å². The van der Waals surface area contributed by atoms with Crippen molar-refractivity contribution in [3.8, 4) is 0 Å². The number of amides is 1. The lowest BCUT2D eigenvalue weighted by Gasteiger charge is -2.19. The van der Waals surface area contributed by atoms with Gasteiger partial charge in [0, 0.05) is 37.9 Å². The van der Waals surface area contributed by atoms with Gasteiger partial charge in [-0.05, 0) is 49.5 Å². The second-order valence-electron chi connectivity index (χ2n) is 6.53. The lowest BCUT2D eigenvalue weighted by molar-refractivity contribution is -0.117. The van der Waals surface area contributed by atoms with Crippen LogP contribution >= 0.6 is 11.8 Å². The molecular formula is C18H24N2O2S. The number of benzene rings is 1. The Hall–Kier alpha value is -1.33. The van der Waals surface area contributed by atoms with Crippen LogP contribution in [0.5, 0.6) is 0 Å². The van der Waals surface area contributed by atoms with Crippen molar-refractivity contribution in [1.29, 1.82) is 0 Å². The molecule has 3 rings (SSSR count). The Balaban J connectivity index is 1.64. The van der Waals surface area contributed by atoms with E-state index in [1.807, 2.05) is 17.0 Å². The van der Waals surface area contributed by atoms with Crippen LogP contribution in [0.25, 0.3) is 0 Å². The summed E-state index contributed by atoms with van der Waals surface area (Å²) in [6, 6.07) is 8.36. The molecule has 124 valence electrons. The van der Waals surface area contributed by atoms with Crippen LogP contribution in [0.3, 0.4) is 0 Å². The Morgan fingerprint density at radius 3 is 2.83 bits per heavy atom. The molecule has 4 nitrogen and oxygen atoms in total. The second kappa shape index (κ2) is 7.49. The Kier molecular flexibility index (Phi) is 5.38. The van der Waals surface area contributed by atoms with E-state index in [2.05, 4.69) is 17.0 Å². The summed E-state index contributed by atoms with van der Waals surface area (Å²) in [5.74, 6) is 1.20. The number of hydrogen-bond donors (Lipinski definition) is 0. The summed E-state index contributed by atoms with van der Waals surface area (Å²) in [6.45, 7) is 5.64. The van der Waals surface area contributed by atoms with Crippen molar-refractivity contribution in [2.45, 2.75) is 32.7 Å². The molecule has 1 aromatic carbocycles. The highest BCUT2D eigenvalue weighted by Gasteiger charge is 2.30. The average Bonchev–Trinajstić information content (AvgIpc) is 3.15. The van der Waals surface area contributed by atoms with Gasteiger partial charge < -0.3 is 4.90 Å². The van der Waals surface area contributed by atoms with Crippen LogP contribution in [0.15, 0.2) is 24.3 Å². The first-order valence-corrected chi connectivity index (χ1v) is 9.35. The third-order valence-corrected chi connectivity index (χ3v) is 5.60. The van der Waals surface area contributed by atoms with Gasteiger partial charge in [0.15, 0.2) is 5.12 Å². The fraction of sp³-hybridized carbons (Fsp3) is 0.556. The number of anilines is 1. The van der Waals surface area contributed by atoms with Crippen LogP contribution in [0.2, 0.25) is 0 Å². The number of likely N-dealkylation sites (tertiary alicyclic amines) is 1. The quantitative estimate of drug-likeness (QED) is 0.831. The molecule has 0 radical (unpaired) electrons. The van der Waals surface area contributed by atoms with Gasteiger partial charge in [-0.2, -0.15) is 0 Å². The van der Waals surface area contributed by atoms with Crippen molar-refractivity contribution < 1.29 is 9.59 Å². The molecule has 2 saturated heterocycles. The summed E-state index contributed by atoms with van der Waals surface area (Å²) >= 11 is 1.33. The molecule has 0 aliphatic carbocycles. The highest BCUT2D eigenvalue weighted by Crippen LogP contribution is 2.28. The number of carbonyl (C=O) groups excluding carboxylic acids is 2. The van der Waals surface area contributed by atoms with Gasteiger partial charge in [-0.1, -0.05) is 23.9 Å². The molecule has 1 aromatic rings. The maximum absolute atomic E-state index is 12.3. The van der Waals surface area contributed by atoms with Crippen LogP contribution in [0.4, 0.5) is 5.69 Å². The van der Waals surface area contributed by atoms with Crippen LogP contribution in [0.1, 0.15) is 31.7 Å². The molecule has 23 heavy (non-hydrogen) atoms. The Bertz CT molecular complexity index is 584. The number of thioether (sulfide) groups is 1. The van der Waals surface area contributed by atoms with Gasteiger partial charge >= 0.3 is 0 Å². The van der Waals surface area contributed by atoms with E-state index < -0.39 is 0 Å².